The van der Waals surface area contributed by atoms with Gasteiger partial charge in [-0.2, -0.15) is 5.10 Å². The molecule has 1 fully saturated rings. The SMILES string of the molecule is [C-]#[N+]C1CCN(C(=O)CCCc2cn(-c3ccccc3)c(NC(=O)c3cccc(-c4cnn(C)c4)c3)n2)CC1. The molecule has 0 aliphatic carbocycles. The highest BCUT2D eigenvalue weighted by atomic mass is 16.2. The number of benzene rings is 2. The van der Waals surface area contributed by atoms with Gasteiger partial charge in [-0.05, 0) is 42.7 Å². The maximum Gasteiger partial charge on any atom is 0.258 e. The second-order valence-corrected chi connectivity index (χ2v) is 9.79. The Balaban J connectivity index is 1.28. The first kappa shape index (κ1) is 25.9. The molecule has 0 bridgehead atoms. The number of likely N-dealkylation sites (tertiary alicyclic amines) is 1. The van der Waals surface area contributed by atoms with E-state index in [9.17, 15) is 9.59 Å². The van der Waals surface area contributed by atoms with E-state index in [-0.39, 0.29) is 17.9 Å². The van der Waals surface area contributed by atoms with Gasteiger partial charge in [0, 0.05) is 68.6 Å². The van der Waals surface area contributed by atoms with Gasteiger partial charge in [0.05, 0.1) is 11.9 Å². The smallest absolute Gasteiger partial charge is 0.258 e. The quantitative estimate of drug-likeness (QED) is 0.339. The molecule has 9 heteroatoms. The van der Waals surface area contributed by atoms with Crippen LogP contribution in [0.1, 0.15) is 41.7 Å². The highest BCUT2D eigenvalue weighted by molar-refractivity contribution is 6.04. The minimum Gasteiger partial charge on any atom is -0.342 e. The summed E-state index contributed by atoms with van der Waals surface area (Å²) in [6.07, 6.45) is 8.82. The molecule has 0 atom stereocenters. The van der Waals surface area contributed by atoms with Crippen LogP contribution in [0.5, 0.6) is 0 Å². The normalized spacial score (nSPS) is 13.7. The first-order chi connectivity index (χ1) is 19.0. The van der Waals surface area contributed by atoms with Crippen LogP contribution in [0.25, 0.3) is 21.7 Å². The largest absolute Gasteiger partial charge is 0.342 e. The van der Waals surface area contributed by atoms with Gasteiger partial charge in [-0.1, -0.05) is 30.3 Å². The first-order valence-electron chi connectivity index (χ1n) is 13.2. The second-order valence-electron chi connectivity index (χ2n) is 9.79. The van der Waals surface area contributed by atoms with E-state index in [1.807, 2.05) is 77.4 Å². The summed E-state index contributed by atoms with van der Waals surface area (Å²) in [5.74, 6) is 0.302. The van der Waals surface area contributed by atoms with E-state index >= 15 is 0 Å². The number of rotatable bonds is 8. The Morgan fingerprint density at radius 3 is 2.56 bits per heavy atom. The monoisotopic (exact) mass is 521 g/mol. The van der Waals surface area contributed by atoms with Crippen molar-refractivity contribution < 1.29 is 9.59 Å². The van der Waals surface area contributed by atoms with Crippen molar-refractivity contribution in [2.45, 2.75) is 38.1 Å². The van der Waals surface area contributed by atoms with Crippen LogP contribution in [0, 0.1) is 6.57 Å². The number of nitrogens with one attached hydrogen (secondary N) is 1. The number of carbonyl (C=O) groups is 2. The highest BCUT2D eigenvalue weighted by Crippen LogP contribution is 2.22. The van der Waals surface area contributed by atoms with Crippen molar-refractivity contribution in [3.8, 4) is 16.8 Å². The molecule has 1 N–H and O–H groups in total. The lowest BCUT2D eigenvalue weighted by atomic mass is 10.1. The minimum absolute atomic E-state index is 0.0439. The van der Waals surface area contributed by atoms with E-state index in [0.29, 0.717) is 43.9 Å². The van der Waals surface area contributed by atoms with Gasteiger partial charge in [0.1, 0.15) is 0 Å². The molecular formula is C30H31N7O2. The van der Waals surface area contributed by atoms with E-state index in [1.165, 1.54) is 0 Å². The Bertz CT molecular complexity index is 1490. The van der Waals surface area contributed by atoms with Gasteiger partial charge in [-0.25, -0.2) is 11.6 Å². The summed E-state index contributed by atoms with van der Waals surface area (Å²) in [5, 5.41) is 7.20. The lowest BCUT2D eigenvalue weighted by Crippen LogP contribution is -2.39. The topological polar surface area (TPSA) is 89.4 Å². The van der Waals surface area contributed by atoms with E-state index in [1.54, 1.807) is 16.9 Å². The number of piperidine rings is 1. The van der Waals surface area contributed by atoms with Gasteiger partial charge >= 0.3 is 0 Å². The van der Waals surface area contributed by atoms with Gasteiger partial charge in [0.25, 0.3) is 5.91 Å². The Kier molecular flexibility index (Phi) is 7.83. The number of carbonyl (C=O) groups excluding carboxylic acids is 2. The summed E-state index contributed by atoms with van der Waals surface area (Å²) in [7, 11) is 1.86. The maximum absolute atomic E-state index is 13.3. The summed E-state index contributed by atoms with van der Waals surface area (Å²) >= 11 is 0. The average Bonchev–Trinajstić information content (AvgIpc) is 3.59. The molecule has 4 aromatic rings. The van der Waals surface area contributed by atoms with Crippen LogP contribution in [-0.2, 0) is 18.3 Å². The van der Waals surface area contributed by atoms with Crippen molar-refractivity contribution in [3.05, 3.63) is 95.9 Å². The lowest BCUT2D eigenvalue weighted by Gasteiger charge is -2.27. The summed E-state index contributed by atoms with van der Waals surface area (Å²) in [6, 6.07) is 17.2. The third-order valence-corrected chi connectivity index (χ3v) is 7.00. The third kappa shape index (κ3) is 6.24. The standard InChI is InChI=1S/C30H31N7O2/c1-31-25-14-16-36(17-15-25)28(38)13-7-10-26-21-37(27-11-4-3-5-12-27)30(33-26)34-29(39)23-9-6-8-22(18-23)24-19-32-35(2)20-24/h3-6,8-9,11-12,18-21,25H,7,10,13-17H2,2H3,(H,33,34,39). The number of aromatic nitrogens is 4. The number of hydrogen-bond donors (Lipinski definition) is 1. The van der Waals surface area contributed by atoms with Gasteiger partial charge in [-0.15, -0.1) is 0 Å². The number of nitrogens with zero attached hydrogens (tertiary/aromatic N) is 6. The molecule has 0 saturated carbocycles. The molecular weight excluding hydrogens is 490 g/mol. The predicted octanol–water partition coefficient (Wildman–Crippen LogP) is 4.76. The Morgan fingerprint density at radius 2 is 1.85 bits per heavy atom. The van der Waals surface area contributed by atoms with Crippen molar-refractivity contribution in [1.29, 1.82) is 0 Å². The Hall–Kier alpha value is -4.71. The molecule has 2 amide bonds. The first-order valence-corrected chi connectivity index (χ1v) is 13.2. The van der Waals surface area contributed by atoms with Crippen LogP contribution in [0.3, 0.4) is 0 Å². The van der Waals surface area contributed by atoms with Crippen molar-refractivity contribution >= 4 is 17.8 Å². The minimum atomic E-state index is -0.256. The third-order valence-electron chi connectivity index (χ3n) is 7.00. The fourth-order valence-corrected chi connectivity index (χ4v) is 4.83. The lowest BCUT2D eigenvalue weighted by molar-refractivity contribution is -0.132. The highest BCUT2D eigenvalue weighted by Gasteiger charge is 2.25. The van der Waals surface area contributed by atoms with Gasteiger partial charge < -0.3 is 9.74 Å². The molecule has 2 aromatic heterocycles. The van der Waals surface area contributed by atoms with Gasteiger partial charge in [0.2, 0.25) is 17.9 Å². The van der Waals surface area contributed by atoms with Crippen molar-refractivity contribution in [2.75, 3.05) is 18.4 Å². The number of aryl methyl sites for hydroxylation is 2. The number of imidazole rings is 1. The number of amides is 2. The van der Waals surface area contributed by atoms with Crippen molar-refractivity contribution in [2.24, 2.45) is 7.05 Å². The number of anilines is 1. The van der Waals surface area contributed by atoms with Crippen LogP contribution in [0.15, 0.2) is 73.2 Å². The van der Waals surface area contributed by atoms with Crippen LogP contribution < -0.4 is 5.32 Å². The molecule has 0 radical (unpaired) electrons. The fourth-order valence-electron chi connectivity index (χ4n) is 4.83. The zero-order valence-electron chi connectivity index (χ0n) is 22.0. The van der Waals surface area contributed by atoms with Crippen LogP contribution in [0.4, 0.5) is 5.95 Å². The van der Waals surface area contributed by atoms with Gasteiger partial charge in [0.15, 0.2) is 0 Å². The molecule has 5 rings (SSSR count). The maximum atomic E-state index is 13.3. The molecule has 1 saturated heterocycles. The van der Waals surface area contributed by atoms with Crippen LogP contribution in [0.2, 0.25) is 0 Å². The number of para-hydroxylation sites is 1. The average molecular weight is 522 g/mol. The van der Waals surface area contributed by atoms with E-state index in [0.717, 1.165) is 35.3 Å². The molecule has 1 aliphatic rings. The van der Waals surface area contributed by atoms with Crippen molar-refractivity contribution in [1.82, 2.24) is 24.2 Å². The number of hydrogen-bond acceptors (Lipinski definition) is 4. The van der Waals surface area contributed by atoms with Crippen molar-refractivity contribution in [3.63, 3.8) is 0 Å². The van der Waals surface area contributed by atoms with Gasteiger partial charge in [-0.3, -0.25) is 24.2 Å². The Morgan fingerprint density at radius 1 is 1.05 bits per heavy atom. The summed E-state index contributed by atoms with van der Waals surface area (Å²) < 4.78 is 3.60. The second kappa shape index (κ2) is 11.8. The van der Waals surface area contributed by atoms with E-state index in [2.05, 4.69) is 15.3 Å². The molecule has 0 unspecified atom stereocenters. The van der Waals surface area contributed by atoms with E-state index in [4.69, 9.17) is 11.6 Å². The summed E-state index contributed by atoms with van der Waals surface area (Å²) in [4.78, 5) is 36.1. The summed E-state index contributed by atoms with van der Waals surface area (Å²) in [5.41, 5.74) is 4.05. The van der Waals surface area contributed by atoms with E-state index < -0.39 is 0 Å². The molecule has 39 heavy (non-hydrogen) atoms. The van der Waals surface area contributed by atoms with Crippen LogP contribution in [-0.4, -0.2) is 55.2 Å². The predicted molar refractivity (Wildman–Crippen MR) is 149 cm³/mol. The zero-order chi connectivity index (χ0) is 27.2. The van der Waals surface area contributed by atoms with Crippen LogP contribution >= 0.6 is 0 Å². The molecule has 2 aromatic carbocycles. The molecule has 9 nitrogen and oxygen atoms in total. The Labute approximate surface area is 227 Å². The zero-order valence-corrected chi connectivity index (χ0v) is 22.0. The molecule has 198 valence electrons. The molecule has 3 heterocycles. The molecule has 1 aliphatic heterocycles. The molecule has 0 spiro atoms. The summed E-state index contributed by atoms with van der Waals surface area (Å²) in [6.45, 7) is 8.50. The fraction of sp³-hybridized carbons (Fsp3) is 0.300.